The van der Waals surface area contributed by atoms with Crippen LogP contribution in [0.4, 0.5) is 4.79 Å². The van der Waals surface area contributed by atoms with Crippen LogP contribution in [0.3, 0.4) is 0 Å². The van der Waals surface area contributed by atoms with Crippen LogP contribution in [0.2, 0.25) is 0 Å². The summed E-state index contributed by atoms with van der Waals surface area (Å²) in [6, 6.07) is -0.0112. The molecule has 0 unspecified atom stereocenters. The zero-order valence-corrected chi connectivity index (χ0v) is 15.4. The maximum Gasteiger partial charge on any atom is 0.410 e. The van der Waals surface area contributed by atoms with E-state index in [4.69, 9.17) is 4.74 Å². The lowest BCUT2D eigenvalue weighted by molar-refractivity contribution is 0.0211. The summed E-state index contributed by atoms with van der Waals surface area (Å²) in [5.41, 5.74) is 0.592. The number of carbonyl (C=O) groups excluding carboxylic acids is 2. The van der Waals surface area contributed by atoms with Crippen molar-refractivity contribution in [2.75, 3.05) is 13.1 Å². The van der Waals surface area contributed by atoms with Crippen LogP contribution in [0.25, 0.3) is 0 Å². The van der Waals surface area contributed by atoms with Crippen molar-refractivity contribution in [3.63, 3.8) is 0 Å². The molecule has 0 spiro atoms. The van der Waals surface area contributed by atoms with Crippen molar-refractivity contribution in [2.45, 2.75) is 58.7 Å². The minimum atomic E-state index is -0.522. The predicted octanol–water partition coefficient (Wildman–Crippen LogP) is 1.98. The summed E-state index contributed by atoms with van der Waals surface area (Å²) in [7, 11) is 0. The number of aromatic nitrogens is 3. The molecule has 2 heterocycles. The molecule has 1 aromatic heterocycles. The van der Waals surface area contributed by atoms with Crippen molar-refractivity contribution in [3.8, 4) is 0 Å². The molecule has 1 N–H and O–H groups in total. The minimum absolute atomic E-state index is 0.0112. The number of likely N-dealkylation sites (tertiary alicyclic amines) is 1. The second-order valence-corrected chi connectivity index (χ2v) is 7.44. The van der Waals surface area contributed by atoms with Gasteiger partial charge in [-0.15, -0.1) is 5.10 Å². The molecular weight excluding hydrogens is 322 g/mol. The Balaban J connectivity index is 1.96. The van der Waals surface area contributed by atoms with Gasteiger partial charge in [-0.3, -0.25) is 4.79 Å². The van der Waals surface area contributed by atoms with Gasteiger partial charge in [0.15, 0.2) is 5.69 Å². The number of nitrogens with one attached hydrogen (secondary N) is 1. The Hall–Kier alpha value is -2.38. The van der Waals surface area contributed by atoms with E-state index in [2.05, 4.69) is 22.2 Å². The van der Waals surface area contributed by atoms with Crippen LogP contribution in [-0.2, 0) is 11.3 Å². The molecule has 138 valence electrons. The zero-order valence-electron chi connectivity index (χ0n) is 15.4. The molecule has 0 aromatic carbocycles. The third kappa shape index (κ3) is 5.58. The summed E-state index contributed by atoms with van der Waals surface area (Å²) in [4.78, 5) is 26.0. The Kier molecular flexibility index (Phi) is 5.81. The lowest BCUT2D eigenvalue weighted by Crippen LogP contribution is -2.41. The van der Waals surface area contributed by atoms with E-state index in [0.717, 1.165) is 18.4 Å². The van der Waals surface area contributed by atoms with E-state index in [-0.39, 0.29) is 23.7 Å². The number of nitrogens with zero attached hydrogens (tertiary/aromatic N) is 4. The second-order valence-electron chi connectivity index (χ2n) is 7.44. The largest absolute Gasteiger partial charge is 0.444 e. The number of hydrogen-bond acceptors (Lipinski definition) is 5. The number of carbonyl (C=O) groups is 2. The van der Waals surface area contributed by atoms with Crippen LogP contribution >= 0.6 is 0 Å². The van der Waals surface area contributed by atoms with Gasteiger partial charge in [-0.1, -0.05) is 17.4 Å². The monoisotopic (exact) mass is 349 g/mol. The molecule has 1 atom stereocenters. The third-order valence-electron chi connectivity index (χ3n) is 3.72. The quantitative estimate of drug-likeness (QED) is 0.821. The number of amides is 2. The number of rotatable bonds is 5. The lowest BCUT2D eigenvalue weighted by Gasteiger charge is -2.28. The van der Waals surface area contributed by atoms with Crippen LogP contribution in [0.15, 0.2) is 18.3 Å². The van der Waals surface area contributed by atoms with E-state index in [9.17, 15) is 9.59 Å². The van der Waals surface area contributed by atoms with Gasteiger partial charge in [0, 0.05) is 13.1 Å². The first-order valence-electron chi connectivity index (χ1n) is 8.48. The molecule has 0 aliphatic carbocycles. The number of ether oxygens (including phenoxy) is 1. The van der Waals surface area contributed by atoms with E-state index in [0.29, 0.717) is 19.6 Å². The lowest BCUT2D eigenvalue weighted by atomic mass is 10.2. The van der Waals surface area contributed by atoms with Gasteiger partial charge in [0.2, 0.25) is 0 Å². The average molecular weight is 349 g/mol. The summed E-state index contributed by atoms with van der Waals surface area (Å²) >= 11 is 0. The smallest absolute Gasteiger partial charge is 0.410 e. The van der Waals surface area contributed by atoms with E-state index in [1.165, 1.54) is 0 Å². The molecule has 2 amide bonds. The van der Waals surface area contributed by atoms with E-state index >= 15 is 0 Å². The Morgan fingerprint density at radius 1 is 1.44 bits per heavy atom. The Labute approximate surface area is 148 Å². The van der Waals surface area contributed by atoms with Gasteiger partial charge < -0.3 is 15.0 Å². The molecule has 1 aliphatic heterocycles. The van der Waals surface area contributed by atoms with Gasteiger partial charge in [0.05, 0.1) is 18.8 Å². The highest BCUT2D eigenvalue weighted by molar-refractivity contribution is 5.91. The molecule has 0 bridgehead atoms. The molecule has 25 heavy (non-hydrogen) atoms. The summed E-state index contributed by atoms with van der Waals surface area (Å²) in [6.45, 7) is 12.7. The molecule has 0 saturated carbocycles. The highest BCUT2D eigenvalue weighted by Gasteiger charge is 2.32. The third-order valence-corrected chi connectivity index (χ3v) is 3.72. The molecule has 1 aromatic rings. The molecule has 2 rings (SSSR count). The normalized spacial score (nSPS) is 17.4. The van der Waals surface area contributed by atoms with Gasteiger partial charge in [-0.25, -0.2) is 9.48 Å². The first-order chi connectivity index (χ1) is 11.7. The maximum absolute atomic E-state index is 12.3. The summed E-state index contributed by atoms with van der Waals surface area (Å²) in [6.07, 6.45) is 3.08. The SMILES string of the molecule is C=C(C)CNC(=O)c1cn(C[C@@H]2CCCN2C(=O)OC(C)(C)C)nn1. The topological polar surface area (TPSA) is 89.4 Å². The van der Waals surface area contributed by atoms with E-state index in [1.807, 2.05) is 27.7 Å². The fourth-order valence-corrected chi connectivity index (χ4v) is 2.62. The molecule has 1 aliphatic rings. The van der Waals surface area contributed by atoms with Crippen molar-refractivity contribution in [2.24, 2.45) is 0 Å². The van der Waals surface area contributed by atoms with Crippen molar-refractivity contribution in [3.05, 3.63) is 24.0 Å². The van der Waals surface area contributed by atoms with Crippen LogP contribution < -0.4 is 5.32 Å². The van der Waals surface area contributed by atoms with E-state index < -0.39 is 5.60 Å². The van der Waals surface area contributed by atoms with Crippen LogP contribution in [0.1, 0.15) is 51.0 Å². The van der Waals surface area contributed by atoms with Crippen LogP contribution in [-0.4, -0.2) is 56.6 Å². The fraction of sp³-hybridized carbons (Fsp3) is 0.647. The number of hydrogen-bond donors (Lipinski definition) is 1. The van der Waals surface area contributed by atoms with Crippen molar-refractivity contribution in [1.82, 2.24) is 25.2 Å². The van der Waals surface area contributed by atoms with E-state index in [1.54, 1.807) is 15.8 Å². The van der Waals surface area contributed by atoms with Crippen molar-refractivity contribution in [1.29, 1.82) is 0 Å². The Morgan fingerprint density at radius 2 is 2.16 bits per heavy atom. The Morgan fingerprint density at radius 3 is 2.80 bits per heavy atom. The Bertz CT molecular complexity index is 647. The van der Waals surface area contributed by atoms with Crippen molar-refractivity contribution >= 4 is 12.0 Å². The molecule has 8 heteroatoms. The molecule has 1 fully saturated rings. The summed E-state index contributed by atoms with van der Waals surface area (Å²) in [5, 5.41) is 10.6. The van der Waals surface area contributed by atoms with Crippen LogP contribution in [0.5, 0.6) is 0 Å². The first-order valence-corrected chi connectivity index (χ1v) is 8.48. The maximum atomic E-state index is 12.3. The average Bonchev–Trinajstić information content (AvgIpc) is 3.12. The predicted molar refractivity (Wildman–Crippen MR) is 93.1 cm³/mol. The second kappa shape index (κ2) is 7.67. The molecule has 8 nitrogen and oxygen atoms in total. The zero-order chi connectivity index (χ0) is 18.6. The minimum Gasteiger partial charge on any atom is -0.444 e. The highest BCUT2D eigenvalue weighted by Crippen LogP contribution is 2.21. The van der Waals surface area contributed by atoms with Gasteiger partial charge in [-0.2, -0.15) is 0 Å². The molecule has 0 radical (unpaired) electrons. The summed E-state index contributed by atoms with van der Waals surface area (Å²) in [5.74, 6) is -0.287. The standard InChI is InChI=1S/C17H27N5O3/c1-12(2)9-18-15(23)14-11-21(20-19-14)10-13-7-6-8-22(13)16(24)25-17(3,4)5/h11,13H,1,6-10H2,2-5H3,(H,18,23)/t13-/m0/s1. The van der Waals surface area contributed by atoms with Crippen LogP contribution in [0, 0.1) is 0 Å². The van der Waals surface area contributed by atoms with Gasteiger partial charge in [-0.05, 0) is 40.5 Å². The molecule has 1 saturated heterocycles. The van der Waals surface area contributed by atoms with Crippen molar-refractivity contribution < 1.29 is 14.3 Å². The van der Waals surface area contributed by atoms with Gasteiger partial charge >= 0.3 is 6.09 Å². The fourth-order valence-electron chi connectivity index (χ4n) is 2.62. The van der Waals surface area contributed by atoms with Gasteiger partial charge in [0.25, 0.3) is 5.91 Å². The highest BCUT2D eigenvalue weighted by atomic mass is 16.6. The first kappa shape index (κ1) is 19.0. The molecular formula is C17H27N5O3. The van der Waals surface area contributed by atoms with Gasteiger partial charge in [0.1, 0.15) is 5.60 Å². The summed E-state index contributed by atoms with van der Waals surface area (Å²) < 4.78 is 7.06.